The third-order valence-electron chi connectivity index (χ3n) is 2.95. The van der Waals surface area contributed by atoms with Gasteiger partial charge in [0.1, 0.15) is 0 Å². The highest BCUT2D eigenvalue weighted by atomic mass is 16.5. The van der Waals surface area contributed by atoms with Crippen LogP contribution in [0.2, 0.25) is 0 Å². The van der Waals surface area contributed by atoms with Crippen molar-refractivity contribution in [3.05, 3.63) is 0 Å². The predicted octanol–water partition coefficient (Wildman–Crippen LogP) is 2.21. The van der Waals surface area contributed by atoms with Crippen molar-refractivity contribution >= 4 is 0 Å². The molecule has 0 radical (unpaired) electrons. The van der Waals surface area contributed by atoms with Crippen molar-refractivity contribution in [2.24, 2.45) is 5.92 Å². The SMILES string of the molecule is CCCNCCCCCOCC1CCOC1. The molecule has 1 rings (SSSR count). The molecule has 1 atom stereocenters. The second-order valence-corrected chi connectivity index (χ2v) is 4.62. The van der Waals surface area contributed by atoms with Gasteiger partial charge in [0.05, 0.1) is 13.2 Å². The van der Waals surface area contributed by atoms with Gasteiger partial charge in [0.15, 0.2) is 0 Å². The molecule has 0 amide bonds. The van der Waals surface area contributed by atoms with Crippen LogP contribution < -0.4 is 5.32 Å². The number of unbranched alkanes of at least 4 members (excludes halogenated alkanes) is 2. The lowest BCUT2D eigenvalue weighted by Crippen LogP contribution is -2.16. The molecular formula is C13H27NO2. The minimum Gasteiger partial charge on any atom is -0.381 e. The van der Waals surface area contributed by atoms with E-state index in [1.807, 2.05) is 0 Å². The van der Waals surface area contributed by atoms with Crippen LogP contribution in [-0.4, -0.2) is 39.5 Å². The summed E-state index contributed by atoms with van der Waals surface area (Å²) in [5, 5.41) is 3.41. The van der Waals surface area contributed by atoms with Gasteiger partial charge in [-0.15, -0.1) is 0 Å². The minimum absolute atomic E-state index is 0.659. The Hall–Kier alpha value is -0.120. The molecule has 0 aromatic heterocycles. The second kappa shape index (κ2) is 10.1. The smallest absolute Gasteiger partial charge is 0.0517 e. The molecule has 3 heteroatoms. The van der Waals surface area contributed by atoms with Crippen LogP contribution in [0.1, 0.15) is 39.0 Å². The molecule has 16 heavy (non-hydrogen) atoms. The molecule has 0 saturated carbocycles. The highest BCUT2D eigenvalue weighted by Crippen LogP contribution is 2.12. The van der Waals surface area contributed by atoms with Crippen LogP contribution in [0.15, 0.2) is 0 Å². The lowest BCUT2D eigenvalue weighted by Gasteiger charge is -2.08. The van der Waals surface area contributed by atoms with Gasteiger partial charge < -0.3 is 14.8 Å². The van der Waals surface area contributed by atoms with Crippen molar-refractivity contribution < 1.29 is 9.47 Å². The molecule has 1 unspecified atom stereocenters. The summed E-state index contributed by atoms with van der Waals surface area (Å²) >= 11 is 0. The standard InChI is InChI=1S/C13H27NO2/c1-2-7-14-8-4-3-5-9-15-11-13-6-10-16-12-13/h13-14H,2-12H2,1H3. The average Bonchev–Trinajstić information content (AvgIpc) is 2.80. The van der Waals surface area contributed by atoms with Crippen molar-refractivity contribution in [1.29, 1.82) is 0 Å². The molecule has 1 aliphatic rings. The van der Waals surface area contributed by atoms with Crippen LogP contribution >= 0.6 is 0 Å². The van der Waals surface area contributed by atoms with E-state index >= 15 is 0 Å². The number of rotatable bonds is 10. The largest absolute Gasteiger partial charge is 0.381 e. The van der Waals surface area contributed by atoms with Gasteiger partial charge in [-0.1, -0.05) is 6.92 Å². The van der Waals surface area contributed by atoms with Crippen LogP contribution in [0, 0.1) is 5.92 Å². The summed E-state index contributed by atoms with van der Waals surface area (Å²) in [6, 6.07) is 0. The first-order valence-corrected chi connectivity index (χ1v) is 6.79. The van der Waals surface area contributed by atoms with Crippen LogP contribution in [-0.2, 0) is 9.47 Å². The Morgan fingerprint density at radius 2 is 2.19 bits per heavy atom. The molecule has 1 saturated heterocycles. The van der Waals surface area contributed by atoms with E-state index in [9.17, 15) is 0 Å². The van der Waals surface area contributed by atoms with Crippen LogP contribution in [0.5, 0.6) is 0 Å². The lowest BCUT2D eigenvalue weighted by molar-refractivity contribution is 0.0872. The fraction of sp³-hybridized carbons (Fsp3) is 1.00. The van der Waals surface area contributed by atoms with Gasteiger partial charge in [0, 0.05) is 19.1 Å². The highest BCUT2D eigenvalue weighted by Gasteiger charge is 2.14. The maximum Gasteiger partial charge on any atom is 0.0517 e. The molecule has 1 aliphatic heterocycles. The average molecular weight is 229 g/mol. The molecule has 96 valence electrons. The van der Waals surface area contributed by atoms with Crippen LogP contribution in [0.25, 0.3) is 0 Å². The molecule has 0 spiro atoms. The van der Waals surface area contributed by atoms with E-state index in [0.717, 1.165) is 39.5 Å². The molecule has 0 bridgehead atoms. The number of nitrogens with one attached hydrogen (secondary N) is 1. The van der Waals surface area contributed by atoms with Gasteiger partial charge in [-0.25, -0.2) is 0 Å². The number of ether oxygens (including phenoxy) is 2. The Balaban J connectivity index is 1.71. The van der Waals surface area contributed by atoms with E-state index in [-0.39, 0.29) is 0 Å². The van der Waals surface area contributed by atoms with Gasteiger partial charge in [-0.2, -0.15) is 0 Å². The van der Waals surface area contributed by atoms with E-state index in [2.05, 4.69) is 12.2 Å². The fourth-order valence-corrected chi connectivity index (χ4v) is 1.90. The van der Waals surface area contributed by atoms with E-state index in [0.29, 0.717) is 5.92 Å². The monoisotopic (exact) mass is 229 g/mol. The molecule has 1 N–H and O–H groups in total. The molecule has 1 heterocycles. The summed E-state index contributed by atoms with van der Waals surface area (Å²) in [6.07, 6.45) is 6.16. The van der Waals surface area contributed by atoms with E-state index in [1.54, 1.807) is 0 Å². The summed E-state index contributed by atoms with van der Waals surface area (Å²) in [6.45, 7) is 8.16. The second-order valence-electron chi connectivity index (χ2n) is 4.62. The zero-order valence-corrected chi connectivity index (χ0v) is 10.7. The van der Waals surface area contributed by atoms with Crippen LogP contribution in [0.4, 0.5) is 0 Å². The third-order valence-corrected chi connectivity index (χ3v) is 2.95. The van der Waals surface area contributed by atoms with Gasteiger partial charge in [0.25, 0.3) is 0 Å². The van der Waals surface area contributed by atoms with Crippen molar-refractivity contribution in [3.8, 4) is 0 Å². The van der Waals surface area contributed by atoms with Gasteiger partial charge >= 0.3 is 0 Å². The summed E-state index contributed by atoms with van der Waals surface area (Å²) < 4.78 is 10.9. The molecule has 0 aromatic rings. The van der Waals surface area contributed by atoms with Crippen molar-refractivity contribution in [2.75, 3.05) is 39.5 Å². The number of hydrogen-bond acceptors (Lipinski definition) is 3. The Morgan fingerprint density at radius 1 is 1.25 bits per heavy atom. The zero-order valence-electron chi connectivity index (χ0n) is 10.7. The Bertz CT molecular complexity index is 147. The molecular weight excluding hydrogens is 202 g/mol. The molecule has 0 aliphatic carbocycles. The normalized spacial score (nSPS) is 20.4. The van der Waals surface area contributed by atoms with E-state index < -0.39 is 0 Å². The van der Waals surface area contributed by atoms with Gasteiger partial charge in [-0.3, -0.25) is 0 Å². The quantitative estimate of drug-likeness (QED) is 0.583. The predicted molar refractivity (Wildman–Crippen MR) is 66.8 cm³/mol. The number of hydrogen-bond donors (Lipinski definition) is 1. The Labute approximate surface area is 99.9 Å². The first-order chi connectivity index (χ1) is 7.93. The topological polar surface area (TPSA) is 30.5 Å². The molecule has 0 aromatic carbocycles. The van der Waals surface area contributed by atoms with Gasteiger partial charge in [0.2, 0.25) is 0 Å². The molecule has 3 nitrogen and oxygen atoms in total. The van der Waals surface area contributed by atoms with Crippen molar-refractivity contribution in [2.45, 2.75) is 39.0 Å². The first kappa shape index (κ1) is 13.9. The summed E-state index contributed by atoms with van der Waals surface area (Å²) in [4.78, 5) is 0. The summed E-state index contributed by atoms with van der Waals surface area (Å²) in [5.74, 6) is 0.659. The summed E-state index contributed by atoms with van der Waals surface area (Å²) in [7, 11) is 0. The Morgan fingerprint density at radius 3 is 2.94 bits per heavy atom. The highest BCUT2D eigenvalue weighted by molar-refractivity contribution is 4.62. The zero-order chi connectivity index (χ0) is 11.5. The first-order valence-electron chi connectivity index (χ1n) is 6.79. The minimum atomic E-state index is 0.659. The third kappa shape index (κ3) is 7.20. The lowest BCUT2D eigenvalue weighted by atomic mass is 10.1. The van der Waals surface area contributed by atoms with E-state index in [4.69, 9.17) is 9.47 Å². The van der Waals surface area contributed by atoms with Crippen LogP contribution in [0.3, 0.4) is 0 Å². The molecule has 1 fully saturated rings. The summed E-state index contributed by atoms with van der Waals surface area (Å²) in [5.41, 5.74) is 0. The van der Waals surface area contributed by atoms with E-state index in [1.165, 1.54) is 32.1 Å². The van der Waals surface area contributed by atoms with Crippen molar-refractivity contribution in [3.63, 3.8) is 0 Å². The maximum atomic E-state index is 5.64. The Kier molecular flexibility index (Phi) is 8.77. The maximum absolute atomic E-state index is 5.64. The fourth-order valence-electron chi connectivity index (χ4n) is 1.90. The van der Waals surface area contributed by atoms with Gasteiger partial charge in [-0.05, 0) is 45.2 Å². The van der Waals surface area contributed by atoms with Crippen molar-refractivity contribution in [1.82, 2.24) is 5.32 Å².